The van der Waals surface area contributed by atoms with Crippen molar-refractivity contribution < 1.29 is 12.8 Å². The van der Waals surface area contributed by atoms with Crippen molar-refractivity contribution in [3.05, 3.63) is 16.8 Å². The highest BCUT2D eigenvalue weighted by Crippen LogP contribution is 2.24. The third-order valence-electron chi connectivity index (χ3n) is 2.33. The monoisotopic (exact) mass is 294 g/mol. The zero-order chi connectivity index (χ0) is 11.1. The highest BCUT2D eigenvalue weighted by molar-refractivity contribution is 9.10. The zero-order valence-electron chi connectivity index (χ0n) is 7.89. The molecule has 0 amide bonds. The molecular weight excluding hydrogens is 284 g/mol. The summed E-state index contributed by atoms with van der Waals surface area (Å²) in [6.07, 6.45) is 0.696. The van der Waals surface area contributed by atoms with Crippen molar-refractivity contribution in [2.24, 2.45) is 5.73 Å². The highest BCUT2D eigenvalue weighted by Gasteiger charge is 2.32. The van der Waals surface area contributed by atoms with Crippen LogP contribution < -0.4 is 5.73 Å². The second-order valence-corrected chi connectivity index (χ2v) is 6.12. The molecule has 2 rings (SSSR count). The summed E-state index contributed by atoms with van der Waals surface area (Å²) < 4.78 is 30.7. The van der Waals surface area contributed by atoms with Gasteiger partial charge in [-0.2, -0.15) is 4.31 Å². The van der Waals surface area contributed by atoms with Crippen molar-refractivity contribution in [2.45, 2.75) is 17.6 Å². The Kier molecular flexibility index (Phi) is 2.89. The predicted octanol–water partition coefficient (Wildman–Crippen LogP) is 0.764. The predicted molar refractivity (Wildman–Crippen MR) is 57.8 cm³/mol. The first kappa shape index (κ1) is 11.1. The molecule has 1 atom stereocenters. The number of nitrogens with two attached hydrogens (primary N) is 1. The average Bonchev–Trinajstić information content (AvgIpc) is 2.74. The Balaban J connectivity index is 2.27. The van der Waals surface area contributed by atoms with E-state index in [4.69, 9.17) is 10.2 Å². The summed E-state index contributed by atoms with van der Waals surface area (Å²) in [5.41, 5.74) is 5.66. The fraction of sp³-hybridized carbons (Fsp3) is 0.500. The second kappa shape index (κ2) is 3.89. The molecule has 0 bridgehead atoms. The maximum atomic E-state index is 11.9. The molecule has 15 heavy (non-hydrogen) atoms. The molecule has 2 N–H and O–H groups in total. The molecule has 1 aliphatic heterocycles. The third kappa shape index (κ3) is 2.10. The number of nitrogens with zero attached hydrogens (tertiary/aromatic N) is 1. The number of rotatable bonds is 2. The number of halogens is 1. The summed E-state index contributed by atoms with van der Waals surface area (Å²) in [7, 11) is -3.49. The van der Waals surface area contributed by atoms with Gasteiger partial charge in [0, 0.05) is 19.1 Å². The van der Waals surface area contributed by atoms with Gasteiger partial charge < -0.3 is 10.2 Å². The summed E-state index contributed by atoms with van der Waals surface area (Å²) in [5.74, 6) is 0. The van der Waals surface area contributed by atoms with Crippen LogP contribution in [0, 0.1) is 0 Å². The molecule has 5 nitrogen and oxygen atoms in total. The normalized spacial score (nSPS) is 23.5. The van der Waals surface area contributed by atoms with Crippen LogP contribution in [0.2, 0.25) is 0 Å². The van der Waals surface area contributed by atoms with Crippen LogP contribution in [0.5, 0.6) is 0 Å². The Morgan fingerprint density at radius 1 is 1.53 bits per heavy atom. The van der Waals surface area contributed by atoms with Gasteiger partial charge in [-0.1, -0.05) is 0 Å². The Morgan fingerprint density at radius 3 is 2.73 bits per heavy atom. The van der Waals surface area contributed by atoms with Crippen LogP contribution in [0.1, 0.15) is 6.42 Å². The van der Waals surface area contributed by atoms with Gasteiger partial charge in [-0.3, -0.25) is 0 Å². The van der Waals surface area contributed by atoms with E-state index in [0.29, 0.717) is 24.2 Å². The van der Waals surface area contributed by atoms with E-state index in [0.717, 1.165) is 0 Å². The van der Waals surface area contributed by atoms with Crippen molar-refractivity contribution in [2.75, 3.05) is 13.1 Å². The molecule has 1 aromatic heterocycles. The molecule has 0 aliphatic carbocycles. The van der Waals surface area contributed by atoms with Crippen LogP contribution in [-0.2, 0) is 10.0 Å². The minimum Gasteiger partial charge on any atom is -0.437 e. The molecule has 0 unspecified atom stereocenters. The van der Waals surface area contributed by atoms with Crippen LogP contribution in [0.4, 0.5) is 0 Å². The van der Waals surface area contributed by atoms with E-state index >= 15 is 0 Å². The molecule has 84 valence electrons. The van der Waals surface area contributed by atoms with Gasteiger partial charge in [-0.15, -0.1) is 0 Å². The van der Waals surface area contributed by atoms with Crippen LogP contribution in [0.25, 0.3) is 0 Å². The number of sulfonamides is 1. The van der Waals surface area contributed by atoms with Gasteiger partial charge in [0.15, 0.2) is 4.67 Å². The van der Waals surface area contributed by atoms with E-state index in [1.54, 1.807) is 6.07 Å². The molecule has 0 saturated carbocycles. The van der Waals surface area contributed by atoms with Crippen molar-refractivity contribution in [3.8, 4) is 0 Å². The third-order valence-corrected chi connectivity index (χ3v) is 4.50. The van der Waals surface area contributed by atoms with Crippen LogP contribution in [0.15, 0.2) is 26.3 Å². The maximum absolute atomic E-state index is 11.9. The van der Waals surface area contributed by atoms with Crippen LogP contribution in [0.3, 0.4) is 0 Å². The lowest BCUT2D eigenvalue weighted by Crippen LogP contribution is -2.31. The molecule has 7 heteroatoms. The van der Waals surface area contributed by atoms with Crippen molar-refractivity contribution in [3.63, 3.8) is 0 Å². The van der Waals surface area contributed by atoms with E-state index in [2.05, 4.69) is 15.9 Å². The molecule has 0 aromatic carbocycles. The lowest BCUT2D eigenvalue weighted by molar-refractivity contribution is 0.399. The van der Waals surface area contributed by atoms with Crippen LogP contribution >= 0.6 is 15.9 Å². The van der Waals surface area contributed by atoms with E-state index in [-0.39, 0.29) is 11.1 Å². The lowest BCUT2D eigenvalue weighted by Gasteiger charge is -2.13. The highest BCUT2D eigenvalue weighted by atomic mass is 79.9. The standard InChI is InChI=1S/C8H11BrN2O3S/c9-7-1-2-8(14-7)15(12,13)11-4-3-6(10)5-11/h1-2,6H,3-5,10H2/t6-/m1/s1. The summed E-state index contributed by atoms with van der Waals surface area (Å²) in [4.78, 5) is 0. The Morgan fingerprint density at radius 2 is 2.27 bits per heavy atom. The van der Waals surface area contributed by atoms with Gasteiger partial charge in [0.25, 0.3) is 10.0 Å². The van der Waals surface area contributed by atoms with Gasteiger partial charge in [0.2, 0.25) is 5.09 Å². The number of furan rings is 1. The van der Waals surface area contributed by atoms with Crippen LogP contribution in [-0.4, -0.2) is 31.9 Å². The van der Waals surface area contributed by atoms with Crippen molar-refractivity contribution >= 4 is 26.0 Å². The lowest BCUT2D eigenvalue weighted by atomic mass is 10.3. The minimum atomic E-state index is -3.49. The SMILES string of the molecule is N[C@@H]1CCN(S(=O)(=O)c2ccc(Br)o2)C1. The molecule has 0 spiro atoms. The topological polar surface area (TPSA) is 76.5 Å². The summed E-state index contributed by atoms with van der Waals surface area (Å²) in [6.45, 7) is 0.822. The van der Waals surface area contributed by atoms with Gasteiger partial charge in [-0.05, 0) is 34.5 Å². The van der Waals surface area contributed by atoms with Gasteiger partial charge >= 0.3 is 0 Å². The molecule has 1 fully saturated rings. The first-order valence-electron chi connectivity index (χ1n) is 4.51. The second-order valence-electron chi connectivity index (χ2n) is 3.47. The fourth-order valence-corrected chi connectivity index (χ4v) is 3.37. The van der Waals surface area contributed by atoms with E-state index in [9.17, 15) is 8.42 Å². The van der Waals surface area contributed by atoms with Gasteiger partial charge in [-0.25, -0.2) is 8.42 Å². The number of hydrogen-bond acceptors (Lipinski definition) is 4. The Bertz CT molecular complexity index is 456. The number of hydrogen-bond donors (Lipinski definition) is 1. The van der Waals surface area contributed by atoms with E-state index < -0.39 is 10.0 Å². The smallest absolute Gasteiger partial charge is 0.276 e. The fourth-order valence-electron chi connectivity index (χ4n) is 1.54. The molecular formula is C8H11BrN2O3S. The van der Waals surface area contributed by atoms with Crippen molar-refractivity contribution in [1.29, 1.82) is 0 Å². The van der Waals surface area contributed by atoms with Gasteiger partial charge in [0.1, 0.15) is 0 Å². The first-order chi connectivity index (χ1) is 7.00. The van der Waals surface area contributed by atoms with E-state index in [1.807, 2.05) is 0 Å². The minimum absolute atomic E-state index is 0.0384. The maximum Gasteiger partial charge on any atom is 0.276 e. The molecule has 1 aliphatic rings. The average molecular weight is 295 g/mol. The zero-order valence-corrected chi connectivity index (χ0v) is 10.3. The summed E-state index contributed by atoms with van der Waals surface area (Å²) >= 11 is 3.07. The molecule has 1 saturated heterocycles. The Labute approximate surface area is 96.4 Å². The van der Waals surface area contributed by atoms with Crippen molar-refractivity contribution in [1.82, 2.24) is 4.31 Å². The largest absolute Gasteiger partial charge is 0.437 e. The molecule has 2 heterocycles. The molecule has 0 radical (unpaired) electrons. The van der Waals surface area contributed by atoms with Gasteiger partial charge in [0.05, 0.1) is 0 Å². The Hall–Kier alpha value is -0.370. The first-order valence-corrected chi connectivity index (χ1v) is 6.74. The van der Waals surface area contributed by atoms with E-state index in [1.165, 1.54) is 10.4 Å². The quantitative estimate of drug-likeness (QED) is 0.874. The molecule has 1 aromatic rings. The summed E-state index contributed by atoms with van der Waals surface area (Å²) in [5, 5.41) is -0.0384. The summed E-state index contributed by atoms with van der Waals surface area (Å²) in [6, 6.07) is 2.92.